The Balaban J connectivity index is 0.995. The van der Waals surface area contributed by atoms with Gasteiger partial charge in [-0.3, -0.25) is 9.59 Å². The van der Waals surface area contributed by atoms with Crippen LogP contribution in [0.2, 0.25) is 0 Å². The minimum Gasteiger partial charge on any atom is -0.348 e. The molecule has 1 heterocycles. The quantitative estimate of drug-likeness (QED) is 0.0692. The molecule has 0 spiro atoms. The van der Waals surface area contributed by atoms with Crippen molar-refractivity contribution in [2.45, 2.75) is 221 Å². The first-order valence-electron chi connectivity index (χ1n) is 23.5. The number of nitrogens with one attached hydrogen (secondary N) is 1. The Labute approximate surface area is 327 Å². The normalized spacial score (nSPS) is 31.3. The van der Waals surface area contributed by atoms with Crippen molar-refractivity contribution in [3.05, 3.63) is 30.1 Å². The first kappa shape index (κ1) is 42.4. The third kappa shape index (κ3) is 11.0. The van der Waals surface area contributed by atoms with Crippen molar-refractivity contribution < 1.29 is 14.2 Å². The number of amides is 1. The molecule has 4 heteroatoms. The van der Waals surface area contributed by atoms with E-state index in [0.29, 0.717) is 22.9 Å². The van der Waals surface area contributed by atoms with E-state index in [9.17, 15) is 9.59 Å². The summed E-state index contributed by atoms with van der Waals surface area (Å²) < 4.78 is 1.90. The second kappa shape index (κ2) is 21.0. The predicted octanol–water partition coefficient (Wildman–Crippen LogP) is 13.0. The van der Waals surface area contributed by atoms with E-state index in [4.69, 9.17) is 0 Å². The van der Waals surface area contributed by atoms with E-state index in [1.807, 2.05) is 29.0 Å². The van der Waals surface area contributed by atoms with Crippen LogP contribution < -0.4 is 9.88 Å². The van der Waals surface area contributed by atoms with Gasteiger partial charge in [0.05, 0.1) is 0 Å². The minimum atomic E-state index is 0.0659. The van der Waals surface area contributed by atoms with Crippen molar-refractivity contribution in [2.75, 3.05) is 0 Å². The van der Waals surface area contributed by atoms with E-state index in [-0.39, 0.29) is 24.3 Å². The smallest absolute Gasteiger partial charge is 0.286 e. The lowest BCUT2D eigenvalue weighted by molar-refractivity contribution is -0.686. The summed E-state index contributed by atoms with van der Waals surface area (Å²) in [5, 5.41) is 3.46. The molecule has 9 atom stereocenters. The van der Waals surface area contributed by atoms with Gasteiger partial charge in [0.15, 0.2) is 6.20 Å². The van der Waals surface area contributed by atoms with Crippen LogP contribution in [0.15, 0.2) is 24.4 Å². The van der Waals surface area contributed by atoms with Gasteiger partial charge >= 0.3 is 0 Å². The van der Waals surface area contributed by atoms with Crippen molar-refractivity contribution in [2.24, 2.45) is 46.3 Å². The van der Waals surface area contributed by atoms with Gasteiger partial charge in [0.1, 0.15) is 0 Å². The van der Waals surface area contributed by atoms with Gasteiger partial charge in [0, 0.05) is 24.6 Å². The molecule has 1 amide bonds. The summed E-state index contributed by atoms with van der Waals surface area (Å²) in [6.45, 7) is 12.8. The first-order chi connectivity index (χ1) is 25.7. The van der Waals surface area contributed by atoms with E-state index in [2.05, 4.69) is 39.9 Å². The largest absolute Gasteiger partial charge is 0.348 e. The third-order valence-electron chi connectivity index (χ3n) is 16.1. The molecule has 5 unspecified atom stereocenters. The van der Waals surface area contributed by atoms with Gasteiger partial charge < -0.3 is 5.32 Å². The second-order valence-corrected chi connectivity index (χ2v) is 19.5. The summed E-state index contributed by atoms with van der Waals surface area (Å²) in [5.41, 5.74) is 1.68. The van der Waals surface area contributed by atoms with Gasteiger partial charge in [-0.25, -0.2) is 0 Å². The Morgan fingerprint density at radius 3 is 2.02 bits per heavy atom. The van der Waals surface area contributed by atoms with E-state index < -0.39 is 0 Å². The maximum Gasteiger partial charge on any atom is 0.286 e. The zero-order valence-electron chi connectivity index (χ0n) is 35.4. The molecule has 0 aliphatic heterocycles. The molecule has 4 aliphatic carbocycles. The van der Waals surface area contributed by atoms with Crippen molar-refractivity contribution in [1.82, 2.24) is 5.32 Å². The highest BCUT2D eigenvalue weighted by atomic mass is 16.2. The van der Waals surface area contributed by atoms with Gasteiger partial charge in [0.2, 0.25) is 18.0 Å². The summed E-state index contributed by atoms with van der Waals surface area (Å²) >= 11 is 0. The van der Waals surface area contributed by atoms with Crippen molar-refractivity contribution >= 4 is 11.7 Å². The molecule has 5 rings (SSSR count). The Hall–Kier alpha value is -1.71. The zero-order valence-corrected chi connectivity index (χ0v) is 35.4. The van der Waals surface area contributed by atoms with Crippen molar-refractivity contribution in [1.29, 1.82) is 0 Å². The second-order valence-electron chi connectivity index (χ2n) is 19.5. The first-order valence-corrected chi connectivity index (χ1v) is 23.5. The lowest BCUT2D eigenvalue weighted by Gasteiger charge is -2.61. The molecule has 4 saturated carbocycles. The molecule has 1 aromatic heterocycles. The topological polar surface area (TPSA) is 50.0 Å². The van der Waals surface area contributed by atoms with Gasteiger partial charge in [-0.15, -0.1) is 0 Å². The molecule has 53 heavy (non-hydrogen) atoms. The number of carbonyl (C=O) groups is 2. The minimum absolute atomic E-state index is 0.0659. The van der Waals surface area contributed by atoms with E-state index in [1.54, 1.807) is 0 Å². The number of carbonyl (C=O) groups excluding carboxylic acids is 2. The number of unbranched alkanes of at least 4 members (excludes halogenated alkanes) is 14. The van der Waals surface area contributed by atoms with Crippen LogP contribution in [0, 0.1) is 46.3 Å². The van der Waals surface area contributed by atoms with E-state index in [0.717, 1.165) is 61.2 Å². The molecule has 4 fully saturated rings. The Kier molecular flexibility index (Phi) is 16.8. The van der Waals surface area contributed by atoms with Crippen LogP contribution in [0.4, 0.5) is 0 Å². The molecule has 0 bridgehead atoms. The van der Waals surface area contributed by atoms with E-state index >= 15 is 0 Å². The zero-order chi connectivity index (χ0) is 37.7. The number of nitrogens with zero attached hydrogens (tertiary/aromatic N) is 1. The fraction of sp³-hybridized carbons (Fsp3) is 0.857. The number of pyridine rings is 1. The fourth-order valence-electron chi connectivity index (χ4n) is 13.1. The lowest BCUT2D eigenvalue weighted by atomic mass is 9.44. The number of hydrogen-bond acceptors (Lipinski definition) is 2. The number of aromatic nitrogens is 1. The Morgan fingerprint density at radius 1 is 0.736 bits per heavy atom. The highest BCUT2D eigenvalue weighted by molar-refractivity contribution is 5.92. The van der Waals surface area contributed by atoms with E-state index in [1.165, 1.54) is 141 Å². The maximum absolute atomic E-state index is 13.5. The molecule has 1 aromatic rings. The number of ketones is 1. The van der Waals surface area contributed by atoms with Crippen LogP contribution in [-0.2, 0) is 11.3 Å². The summed E-state index contributed by atoms with van der Waals surface area (Å²) in [7, 11) is 0. The van der Waals surface area contributed by atoms with Crippen molar-refractivity contribution in [3.63, 3.8) is 0 Å². The Morgan fingerprint density at radius 2 is 1.36 bits per heavy atom. The summed E-state index contributed by atoms with van der Waals surface area (Å²) in [6.07, 6.45) is 37.2. The molecule has 4 nitrogen and oxygen atoms in total. The molecular weight excluding hydrogens is 649 g/mol. The molecule has 1 N–H and O–H groups in total. The maximum atomic E-state index is 13.5. The van der Waals surface area contributed by atoms with Gasteiger partial charge in [-0.1, -0.05) is 137 Å². The molecular formula is C49H83N2O2+. The number of hydrogen-bond donors (Lipinski definition) is 1. The van der Waals surface area contributed by atoms with Crippen molar-refractivity contribution in [3.8, 4) is 0 Å². The van der Waals surface area contributed by atoms with Crippen LogP contribution >= 0.6 is 0 Å². The third-order valence-corrected chi connectivity index (χ3v) is 16.1. The summed E-state index contributed by atoms with van der Waals surface area (Å²) in [5.74, 6) is 5.48. The van der Waals surface area contributed by atoms with Crippen LogP contribution in [0.3, 0.4) is 0 Å². The number of fused-ring (bicyclic) bond motifs is 5. The van der Waals surface area contributed by atoms with Crippen LogP contribution in [0.5, 0.6) is 0 Å². The molecule has 0 saturated heterocycles. The average molecular weight is 732 g/mol. The number of rotatable bonds is 23. The SMILES string of the molecule is CCCCCCCCCCCCCCCCCC(=O)c1cccc[n+]1CC(=O)NC1CC[C@@]2(C)C(CCC3C2CC[C@@]2(C)C3CC[C@@H]2[C@H](C)CCC)C1. The van der Waals surface area contributed by atoms with Gasteiger partial charge in [-0.05, 0) is 117 Å². The fourth-order valence-corrected chi connectivity index (χ4v) is 13.1. The number of Topliss-reactive ketones (excluding diaryl/α,β-unsaturated/α-hetero) is 1. The van der Waals surface area contributed by atoms with Crippen LogP contribution in [0.25, 0.3) is 0 Å². The van der Waals surface area contributed by atoms with Crippen LogP contribution in [0.1, 0.15) is 218 Å². The lowest BCUT2D eigenvalue weighted by Crippen LogP contribution is -2.56. The highest BCUT2D eigenvalue weighted by Gasteiger charge is 2.60. The highest BCUT2D eigenvalue weighted by Crippen LogP contribution is 2.68. The van der Waals surface area contributed by atoms with Gasteiger partial charge in [-0.2, -0.15) is 4.57 Å². The predicted molar refractivity (Wildman–Crippen MR) is 222 cm³/mol. The standard InChI is InChI=1S/C49H82N2O2/c1-6-8-9-10-11-12-13-14-15-16-17-18-19-20-21-26-46(52)45-25-22-23-35-51(45)37-47(53)50-40-31-33-48(4)39(36-40)27-28-41-43-30-29-42(38(3)24-7-2)49(43,5)34-32-44(41)48/h22-23,25,35,38-44H,6-21,24,26-34,36-37H2,1-5H3/p+1/t38-,39?,40?,41?,42-,43?,44?,48+,49-/m1/s1. The summed E-state index contributed by atoms with van der Waals surface area (Å²) in [6, 6.07) is 6.07. The molecule has 0 aromatic carbocycles. The Bertz CT molecular complexity index is 1260. The monoisotopic (exact) mass is 732 g/mol. The van der Waals surface area contributed by atoms with Crippen LogP contribution in [-0.4, -0.2) is 17.7 Å². The molecule has 4 aliphatic rings. The molecule has 0 radical (unpaired) electrons. The average Bonchev–Trinajstić information content (AvgIpc) is 3.51. The summed E-state index contributed by atoms with van der Waals surface area (Å²) in [4.78, 5) is 26.8. The van der Waals surface area contributed by atoms with Gasteiger partial charge in [0.25, 0.3) is 5.91 Å². The molecule has 300 valence electrons.